The highest BCUT2D eigenvalue weighted by Crippen LogP contribution is 2.36. The molecule has 0 saturated heterocycles. The van der Waals surface area contributed by atoms with Crippen LogP contribution in [0.25, 0.3) is 0 Å². The lowest BCUT2D eigenvalue weighted by Gasteiger charge is -2.43. The quantitative estimate of drug-likeness (QED) is 0.256. The fraction of sp³-hybridized carbons (Fsp3) is 0.360. The van der Waals surface area contributed by atoms with Crippen LogP contribution in [0.2, 0.25) is 5.04 Å². The Labute approximate surface area is 176 Å². The van der Waals surface area contributed by atoms with Gasteiger partial charge in [0.15, 0.2) is 0 Å². The van der Waals surface area contributed by atoms with E-state index in [2.05, 4.69) is 81.8 Å². The maximum absolute atomic E-state index is 6.86. The molecular formula is C25H32O3Si. The average Bonchev–Trinajstić information content (AvgIpc) is 2.73. The molecule has 0 aliphatic heterocycles. The van der Waals surface area contributed by atoms with Crippen LogP contribution in [0.1, 0.15) is 27.7 Å². The van der Waals surface area contributed by atoms with Crippen molar-refractivity contribution in [2.75, 3.05) is 13.2 Å². The second-order valence-electron chi connectivity index (χ2n) is 7.84. The highest BCUT2D eigenvalue weighted by atomic mass is 28.4. The van der Waals surface area contributed by atoms with E-state index in [1.165, 1.54) is 10.4 Å². The van der Waals surface area contributed by atoms with Crippen LogP contribution in [0.4, 0.5) is 0 Å². The predicted octanol–water partition coefficient (Wildman–Crippen LogP) is 4.13. The minimum atomic E-state index is -2.63. The Morgan fingerprint density at radius 1 is 1.03 bits per heavy atom. The first-order valence-electron chi connectivity index (χ1n) is 9.99. The third kappa shape index (κ3) is 5.46. The molecule has 3 nitrogen and oxygen atoms in total. The van der Waals surface area contributed by atoms with Gasteiger partial charge in [0, 0.05) is 6.61 Å². The fourth-order valence-corrected chi connectivity index (χ4v) is 8.14. The first-order chi connectivity index (χ1) is 13.9. The Morgan fingerprint density at radius 3 is 1.93 bits per heavy atom. The van der Waals surface area contributed by atoms with Gasteiger partial charge in [0.05, 0.1) is 6.61 Å². The van der Waals surface area contributed by atoms with Gasteiger partial charge in [0.2, 0.25) is 6.29 Å². The van der Waals surface area contributed by atoms with Gasteiger partial charge in [-0.2, -0.15) is 0 Å². The summed E-state index contributed by atoms with van der Waals surface area (Å²) < 4.78 is 18.2. The van der Waals surface area contributed by atoms with Crippen molar-refractivity contribution < 1.29 is 13.9 Å². The van der Waals surface area contributed by atoms with Crippen LogP contribution in [0.5, 0.6) is 0 Å². The summed E-state index contributed by atoms with van der Waals surface area (Å²) in [6.07, 6.45) is 6.16. The van der Waals surface area contributed by atoms with Crippen molar-refractivity contribution >= 4 is 18.7 Å². The summed E-state index contributed by atoms with van der Waals surface area (Å²) in [4.78, 5) is 0. The molecule has 2 aromatic carbocycles. The second kappa shape index (κ2) is 10.6. The summed E-state index contributed by atoms with van der Waals surface area (Å²) in [6, 6.07) is 21.0. The molecule has 0 saturated carbocycles. The molecule has 2 aromatic rings. The van der Waals surface area contributed by atoms with Crippen LogP contribution in [0.3, 0.4) is 0 Å². The van der Waals surface area contributed by atoms with Crippen molar-refractivity contribution in [1.29, 1.82) is 0 Å². The van der Waals surface area contributed by atoms with Crippen LogP contribution in [-0.2, 0) is 13.9 Å². The van der Waals surface area contributed by atoms with E-state index in [0.29, 0.717) is 13.2 Å². The van der Waals surface area contributed by atoms with E-state index in [4.69, 9.17) is 20.3 Å². The second-order valence-corrected chi connectivity index (χ2v) is 12.1. The molecule has 0 bridgehead atoms. The summed E-state index contributed by atoms with van der Waals surface area (Å²) in [5.74, 6) is 2.52. The first-order valence-corrected chi connectivity index (χ1v) is 11.9. The van der Waals surface area contributed by atoms with Crippen molar-refractivity contribution in [2.45, 2.75) is 45.1 Å². The Kier molecular flexibility index (Phi) is 8.42. The Morgan fingerprint density at radius 2 is 1.55 bits per heavy atom. The standard InChI is InChI=1S/C25H32O3Si/c1-7-21(28-24(8-2)26-9-3)20-27-29(25(4,5)6,22-16-12-10-13-17-22)23-18-14-11-15-19-23/h2,7,10-19,21,24H,1,9,20H2,3-6H3/t21-,24-/m0/s1. The fourth-order valence-electron chi connectivity index (χ4n) is 3.57. The summed E-state index contributed by atoms with van der Waals surface area (Å²) in [6.45, 7) is 13.3. The van der Waals surface area contributed by atoms with E-state index in [1.807, 2.05) is 19.1 Å². The number of rotatable bonds is 10. The molecule has 0 radical (unpaired) electrons. The van der Waals surface area contributed by atoms with Crippen LogP contribution in [-0.4, -0.2) is 33.9 Å². The number of ether oxygens (including phenoxy) is 2. The molecule has 2 atom stereocenters. The number of hydrogen-bond acceptors (Lipinski definition) is 3. The lowest BCUT2D eigenvalue weighted by atomic mass is 10.2. The van der Waals surface area contributed by atoms with E-state index in [1.54, 1.807) is 6.08 Å². The van der Waals surface area contributed by atoms with E-state index in [-0.39, 0.29) is 11.1 Å². The topological polar surface area (TPSA) is 27.7 Å². The summed E-state index contributed by atoms with van der Waals surface area (Å²) in [5, 5.41) is 2.34. The summed E-state index contributed by atoms with van der Waals surface area (Å²) >= 11 is 0. The molecule has 154 valence electrons. The number of hydrogen-bond donors (Lipinski definition) is 0. The molecule has 0 heterocycles. The molecule has 0 unspecified atom stereocenters. The number of terminal acetylenes is 1. The highest BCUT2D eigenvalue weighted by molar-refractivity contribution is 6.99. The zero-order valence-electron chi connectivity index (χ0n) is 17.9. The van der Waals surface area contributed by atoms with Gasteiger partial charge in [-0.1, -0.05) is 87.5 Å². The van der Waals surface area contributed by atoms with E-state index >= 15 is 0 Å². The zero-order chi connectivity index (χ0) is 21.3. The lowest BCUT2D eigenvalue weighted by molar-refractivity contribution is -0.128. The highest BCUT2D eigenvalue weighted by Gasteiger charge is 2.50. The largest absolute Gasteiger partial charge is 0.404 e. The van der Waals surface area contributed by atoms with Gasteiger partial charge in [-0.15, -0.1) is 13.0 Å². The van der Waals surface area contributed by atoms with Crippen LogP contribution in [0.15, 0.2) is 73.3 Å². The van der Waals surface area contributed by atoms with Gasteiger partial charge in [0.1, 0.15) is 6.10 Å². The van der Waals surface area contributed by atoms with Gasteiger partial charge < -0.3 is 13.9 Å². The van der Waals surface area contributed by atoms with Crippen LogP contribution in [0, 0.1) is 12.3 Å². The third-order valence-electron chi connectivity index (χ3n) is 4.90. The Balaban J connectivity index is 2.43. The van der Waals surface area contributed by atoms with Crippen molar-refractivity contribution in [3.63, 3.8) is 0 Å². The van der Waals surface area contributed by atoms with Crippen molar-refractivity contribution in [3.8, 4) is 12.3 Å². The van der Waals surface area contributed by atoms with Crippen molar-refractivity contribution in [1.82, 2.24) is 0 Å². The minimum absolute atomic E-state index is 0.104. The molecule has 4 heteroatoms. The monoisotopic (exact) mass is 408 g/mol. The molecule has 29 heavy (non-hydrogen) atoms. The molecule has 0 N–H and O–H groups in total. The molecular weight excluding hydrogens is 376 g/mol. The maximum Gasteiger partial charge on any atom is 0.261 e. The molecule has 0 aromatic heterocycles. The smallest absolute Gasteiger partial charge is 0.261 e. The van der Waals surface area contributed by atoms with E-state index in [0.717, 1.165) is 0 Å². The lowest BCUT2D eigenvalue weighted by Crippen LogP contribution is -2.67. The third-order valence-corrected chi connectivity index (χ3v) is 9.90. The first kappa shape index (κ1) is 23.1. The predicted molar refractivity (Wildman–Crippen MR) is 123 cm³/mol. The summed E-state index contributed by atoms with van der Waals surface area (Å²) in [7, 11) is -2.63. The summed E-state index contributed by atoms with van der Waals surface area (Å²) in [5.41, 5.74) is 0. The van der Waals surface area contributed by atoms with Crippen LogP contribution < -0.4 is 10.4 Å². The zero-order valence-corrected chi connectivity index (χ0v) is 18.9. The van der Waals surface area contributed by atoms with Crippen molar-refractivity contribution in [2.24, 2.45) is 0 Å². The van der Waals surface area contributed by atoms with Gasteiger partial charge in [-0.3, -0.25) is 0 Å². The molecule has 0 spiro atoms. The molecule has 0 amide bonds. The average molecular weight is 409 g/mol. The Hall–Kier alpha value is -2.16. The van der Waals surface area contributed by atoms with Gasteiger partial charge in [-0.25, -0.2) is 0 Å². The molecule has 2 rings (SSSR count). The molecule has 0 aliphatic carbocycles. The van der Waals surface area contributed by atoms with Gasteiger partial charge >= 0.3 is 0 Å². The SMILES string of the molecule is C#C[C@@H](OCC)O[C@@H](C=C)CO[Si](c1ccccc1)(c1ccccc1)C(C)(C)C. The number of benzene rings is 2. The molecule has 0 aliphatic rings. The van der Waals surface area contributed by atoms with E-state index < -0.39 is 14.6 Å². The minimum Gasteiger partial charge on any atom is -0.404 e. The van der Waals surface area contributed by atoms with Gasteiger partial charge in [-0.05, 0) is 28.3 Å². The van der Waals surface area contributed by atoms with E-state index in [9.17, 15) is 0 Å². The maximum atomic E-state index is 6.86. The van der Waals surface area contributed by atoms with Gasteiger partial charge in [0.25, 0.3) is 8.32 Å². The molecule has 0 fully saturated rings. The normalized spacial score (nSPS) is 14.0. The van der Waals surface area contributed by atoms with Crippen LogP contribution >= 0.6 is 0 Å². The van der Waals surface area contributed by atoms with Crippen molar-refractivity contribution in [3.05, 3.63) is 73.3 Å². The Bertz CT molecular complexity index is 751.